The minimum atomic E-state index is 0.450. The van der Waals surface area contributed by atoms with Crippen LogP contribution in [-0.4, -0.2) is 35.9 Å². The summed E-state index contributed by atoms with van der Waals surface area (Å²) in [6, 6.07) is 0. The minimum absolute atomic E-state index is 0.450. The molecule has 1 fully saturated rings. The number of hydrogen-bond donors (Lipinski definition) is 2. The van der Waals surface area contributed by atoms with Gasteiger partial charge in [-0.2, -0.15) is 0 Å². The molecule has 5 heteroatoms. The first-order chi connectivity index (χ1) is 8.33. The van der Waals surface area contributed by atoms with E-state index in [1.165, 1.54) is 31.4 Å². The highest BCUT2D eigenvalue weighted by atomic mass is 32.2. The summed E-state index contributed by atoms with van der Waals surface area (Å²) in [5.74, 6) is 1.18. The van der Waals surface area contributed by atoms with Crippen LogP contribution in [0.2, 0.25) is 0 Å². The third-order valence-corrected chi connectivity index (χ3v) is 4.32. The van der Waals surface area contributed by atoms with Gasteiger partial charge in [-0.15, -0.1) is 11.8 Å². The maximum Gasteiger partial charge on any atom is 0.103 e. The lowest BCUT2D eigenvalue weighted by molar-refractivity contribution is 0.0728. The van der Waals surface area contributed by atoms with Crippen molar-refractivity contribution in [2.24, 2.45) is 5.73 Å². The van der Waals surface area contributed by atoms with E-state index in [0.29, 0.717) is 12.0 Å². The van der Waals surface area contributed by atoms with Crippen molar-refractivity contribution in [3.8, 4) is 0 Å². The first kappa shape index (κ1) is 15.2. The third-order valence-electron chi connectivity index (χ3n) is 2.71. The van der Waals surface area contributed by atoms with E-state index in [-0.39, 0.29) is 0 Å². The van der Waals surface area contributed by atoms with Crippen LogP contribution in [0.5, 0.6) is 0 Å². The van der Waals surface area contributed by atoms with E-state index >= 15 is 0 Å². The Morgan fingerprint density at radius 3 is 3.00 bits per heavy atom. The summed E-state index contributed by atoms with van der Waals surface area (Å²) >= 11 is 7.16. The van der Waals surface area contributed by atoms with Crippen molar-refractivity contribution in [1.82, 2.24) is 5.32 Å². The van der Waals surface area contributed by atoms with Gasteiger partial charge < -0.3 is 15.8 Å². The molecule has 0 saturated carbocycles. The van der Waals surface area contributed by atoms with Crippen molar-refractivity contribution in [3.05, 3.63) is 0 Å². The first-order valence-electron chi connectivity index (χ1n) is 6.53. The van der Waals surface area contributed by atoms with Crippen LogP contribution in [0.3, 0.4) is 0 Å². The summed E-state index contributed by atoms with van der Waals surface area (Å²) in [5.41, 5.74) is 5.85. The van der Waals surface area contributed by atoms with Crippen molar-refractivity contribution in [2.75, 3.05) is 25.4 Å². The highest BCUT2D eigenvalue weighted by Gasteiger charge is 2.13. The Morgan fingerprint density at radius 1 is 1.41 bits per heavy atom. The molecule has 100 valence electrons. The highest BCUT2D eigenvalue weighted by Crippen LogP contribution is 2.24. The molecule has 0 aromatic rings. The molecule has 1 saturated heterocycles. The van der Waals surface area contributed by atoms with Gasteiger partial charge in [0, 0.05) is 19.7 Å². The normalized spacial score (nSPS) is 20.2. The number of nitrogens with two attached hydrogens (primary N) is 1. The Hall–Kier alpha value is 0.160. The molecule has 3 N–H and O–H groups in total. The topological polar surface area (TPSA) is 47.3 Å². The second-order valence-corrected chi connectivity index (χ2v) is 6.02. The van der Waals surface area contributed by atoms with E-state index in [9.17, 15) is 0 Å². The van der Waals surface area contributed by atoms with E-state index in [1.807, 2.05) is 11.8 Å². The number of hydrogen-bond acceptors (Lipinski definition) is 4. The Labute approximate surface area is 114 Å². The van der Waals surface area contributed by atoms with Crippen LogP contribution in [0.4, 0.5) is 0 Å². The quantitative estimate of drug-likeness (QED) is 0.526. The number of ether oxygens (including phenoxy) is 1. The Bertz CT molecular complexity index is 209. The summed E-state index contributed by atoms with van der Waals surface area (Å²) < 4.78 is 5.67. The Kier molecular flexibility index (Phi) is 9.06. The number of nitrogens with one attached hydrogen (secondary N) is 1. The number of unbranched alkanes of at least 4 members (excludes halogenated alkanes) is 1. The molecule has 3 nitrogen and oxygen atoms in total. The summed E-state index contributed by atoms with van der Waals surface area (Å²) in [6.07, 6.45) is 7.15. The molecule has 0 amide bonds. The highest BCUT2D eigenvalue weighted by molar-refractivity contribution is 7.99. The standard InChI is InChI=1S/C12H24N2OS2/c13-7-8-14-11(16)5-2-4-10-17-12-6-1-3-9-15-12/h12H,1-10,13H2,(H,14,16). The van der Waals surface area contributed by atoms with Crippen LogP contribution in [0, 0.1) is 0 Å². The van der Waals surface area contributed by atoms with Gasteiger partial charge in [-0.1, -0.05) is 12.2 Å². The molecule has 1 unspecified atom stereocenters. The number of thiocarbonyl (C=S) groups is 1. The summed E-state index contributed by atoms with van der Waals surface area (Å²) in [4.78, 5) is 0.953. The Morgan fingerprint density at radius 2 is 2.29 bits per heavy atom. The zero-order valence-corrected chi connectivity index (χ0v) is 12.1. The maximum absolute atomic E-state index is 5.67. The predicted molar refractivity (Wildman–Crippen MR) is 79.6 cm³/mol. The van der Waals surface area contributed by atoms with Gasteiger partial charge in [0.25, 0.3) is 0 Å². The Balaban J connectivity index is 1.88. The van der Waals surface area contributed by atoms with Gasteiger partial charge in [0.2, 0.25) is 0 Å². The summed E-state index contributed by atoms with van der Waals surface area (Å²) in [5, 5.41) is 3.15. The molecule has 0 spiro atoms. The van der Waals surface area contributed by atoms with Crippen LogP contribution >= 0.6 is 24.0 Å². The summed E-state index contributed by atoms with van der Waals surface area (Å²) in [6.45, 7) is 2.39. The second kappa shape index (κ2) is 10.1. The van der Waals surface area contributed by atoms with Crippen molar-refractivity contribution < 1.29 is 4.74 Å². The monoisotopic (exact) mass is 276 g/mol. The first-order valence-corrected chi connectivity index (χ1v) is 7.98. The molecular weight excluding hydrogens is 252 g/mol. The van der Waals surface area contributed by atoms with Crippen LogP contribution < -0.4 is 11.1 Å². The number of rotatable bonds is 8. The molecule has 0 bridgehead atoms. The zero-order chi connectivity index (χ0) is 12.3. The average molecular weight is 276 g/mol. The third kappa shape index (κ3) is 7.97. The van der Waals surface area contributed by atoms with Crippen LogP contribution in [0.1, 0.15) is 38.5 Å². The molecule has 0 aromatic carbocycles. The molecule has 0 aromatic heterocycles. The zero-order valence-electron chi connectivity index (χ0n) is 10.5. The molecule has 1 aliphatic heterocycles. The molecule has 17 heavy (non-hydrogen) atoms. The smallest absolute Gasteiger partial charge is 0.103 e. The SMILES string of the molecule is NCCNC(=S)CCCCSC1CCCCO1. The average Bonchev–Trinajstić information content (AvgIpc) is 2.37. The fourth-order valence-electron chi connectivity index (χ4n) is 1.74. The van der Waals surface area contributed by atoms with Gasteiger partial charge in [-0.25, -0.2) is 0 Å². The van der Waals surface area contributed by atoms with Crippen molar-refractivity contribution in [2.45, 2.75) is 44.0 Å². The minimum Gasteiger partial charge on any atom is -0.378 e. The molecule has 1 atom stereocenters. The maximum atomic E-state index is 5.67. The van der Waals surface area contributed by atoms with Gasteiger partial charge in [-0.05, 0) is 44.3 Å². The van der Waals surface area contributed by atoms with E-state index < -0.39 is 0 Å². The van der Waals surface area contributed by atoms with Crippen LogP contribution in [-0.2, 0) is 4.74 Å². The lowest BCUT2D eigenvalue weighted by Gasteiger charge is -2.21. The molecular formula is C12H24N2OS2. The molecule has 1 heterocycles. The van der Waals surface area contributed by atoms with Crippen molar-refractivity contribution >= 4 is 29.0 Å². The van der Waals surface area contributed by atoms with Gasteiger partial charge >= 0.3 is 0 Å². The van der Waals surface area contributed by atoms with Gasteiger partial charge in [-0.3, -0.25) is 0 Å². The largest absolute Gasteiger partial charge is 0.378 e. The molecule has 1 aliphatic rings. The fourth-order valence-corrected chi connectivity index (χ4v) is 3.15. The molecule has 0 aliphatic carbocycles. The van der Waals surface area contributed by atoms with E-state index in [1.54, 1.807) is 0 Å². The van der Waals surface area contributed by atoms with Crippen molar-refractivity contribution in [1.29, 1.82) is 0 Å². The number of thioether (sulfide) groups is 1. The van der Waals surface area contributed by atoms with E-state index in [4.69, 9.17) is 22.7 Å². The predicted octanol–water partition coefficient (Wildman–Crippen LogP) is 2.29. The van der Waals surface area contributed by atoms with Gasteiger partial charge in [0.15, 0.2) is 0 Å². The summed E-state index contributed by atoms with van der Waals surface area (Å²) in [7, 11) is 0. The van der Waals surface area contributed by atoms with Crippen molar-refractivity contribution in [3.63, 3.8) is 0 Å². The van der Waals surface area contributed by atoms with Crippen LogP contribution in [0.25, 0.3) is 0 Å². The van der Waals surface area contributed by atoms with E-state index in [2.05, 4.69) is 5.32 Å². The van der Waals surface area contributed by atoms with Gasteiger partial charge in [0.05, 0.1) is 4.99 Å². The van der Waals surface area contributed by atoms with E-state index in [0.717, 1.165) is 31.0 Å². The van der Waals surface area contributed by atoms with Crippen LogP contribution in [0.15, 0.2) is 0 Å². The lowest BCUT2D eigenvalue weighted by Crippen LogP contribution is -2.27. The lowest BCUT2D eigenvalue weighted by atomic mass is 10.2. The second-order valence-electron chi connectivity index (χ2n) is 4.26. The molecule has 0 radical (unpaired) electrons. The molecule has 1 rings (SSSR count). The fraction of sp³-hybridized carbons (Fsp3) is 0.917. The van der Waals surface area contributed by atoms with Gasteiger partial charge in [0.1, 0.15) is 5.44 Å².